The lowest BCUT2D eigenvalue weighted by molar-refractivity contribution is -0.150. The number of hydrogen-bond acceptors (Lipinski definition) is 7. The SMILES string of the molecule is CCOC(=O)c1ccc(SC2=C(C(=O)O)N3C(=O)[C@@H](NC(=O)Cc4ccccc4)[C@H]3SC2)c(Br)c1. The number of carbonyl (C=O) groups excluding carboxylic acids is 3. The van der Waals surface area contributed by atoms with Crippen LogP contribution in [0, 0.1) is 0 Å². The topological polar surface area (TPSA) is 113 Å². The fourth-order valence-electron chi connectivity index (χ4n) is 3.73. The second-order valence-electron chi connectivity index (χ2n) is 7.66. The number of β-lactam (4-membered cyclic amide) rings is 1. The van der Waals surface area contributed by atoms with E-state index in [2.05, 4.69) is 21.2 Å². The number of amides is 2. The number of benzene rings is 2. The summed E-state index contributed by atoms with van der Waals surface area (Å²) in [6.45, 7) is 1.99. The zero-order valence-electron chi connectivity index (χ0n) is 18.5. The van der Waals surface area contributed by atoms with E-state index in [4.69, 9.17) is 4.74 Å². The molecule has 0 unspecified atom stereocenters. The molecule has 2 atom stereocenters. The van der Waals surface area contributed by atoms with E-state index in [-0.39, 0.29) is 24.6 Å². The fourth-order valence-corrected chi connectivity index (χ4v) is 6.83. The number of nitrogens with one attached hydrogen (secondary N) is 1. The summed E-state index contributed by atoms with van der Waals surface area (Å²) in [5.74, 6) is -2.03. The first-order valence-corrected chi connectivity index (χ1v) is 13.3. The van der Waals surface area contributed by atoms with Gasteiger partial charge < -0.3 is 15.2 Å². The lowest BCUT2D eigenvalue weighted by Gasteiger charge is -2.49. The van der Waals surface area contributed by atoms with Crippen LogP contribution in [0.4, 0.5) is 0 Å². The first-order chi connectivity index (χ1) is 16.8. The number of aliphatic carboxylic acids is 1. The van der Waals surface area contributed by atoms with E-state index in [1.807, 2.05) is 30.3 Å². The van der Waals surface area contributed by atoms with Gasteiger partial charge in [0.2, 0.25) is 5.91 Å². The van der Waals surface area contributed by atoms with Gasteiger partial charge in [-0.2, -0.15) is 0 Å². The molecule has 2 aromatic rings. The number of nitrogens with zero attached hydrogens (tertiary/aromatic N) is 1. The monoisotopic (exact) mass is 576 g/mol. The number of halogens is 1. The summed E-state index contributed by atoms with van der Waals surface area (Å²) in [5, 5.41) is 12.2. The van der Waals surface area contributed by atoms with Crippen molar-refractivity contribution in [1.82, 2.24) is 10.2 Å². The van der Waals surface area contributed by atoms with E-state index in [1.54, 1.807) is 25.1 Å². The standard InChI is InChI=1S/C24H21BrN2O6S2/c1-2-33-24(32)14-8-9-16(15(25)11-14)35-17-12-34-22-19(21(29)27(22)20(17)23(30)31)26-18(28)10-13-6-4-3-5-7-13/h3-9,11,19,22H,2,10,12H2,1H3,(H,26,28)(H,30,31)/t19-,22-/m1/s1. The Balaban J connectivity index is 1.49. The van der Waals surface area contributed by atoms with Crippen molar-refractivity contribution in [2.75, 3.05) is 12.4 Å². The molecule has 2 aromatic carbocycles. The highest BCUT2D eigenvalue weighted by molar-refractivity contribution is 9.10. The second-order valence-corrected chi connectivity index (χ2v) is 10.8. The molecule has 182 valence electrons. The van der Waals surface area contributed by atoms with Gasteiger partial charge in [0, 0.05) is 20.0 Å². The maximum absolute atomic E-state index is 12.9. The van der Waals surface area contributed by atoms with Gasteiger partial charge in [-0.15, -0.1) is 11.8 Å². The average molecular weight is 577 g/mol. The summed E-state index contributed by atoms with van der Waals surface area (Å²) in [6.07, 6.45) is 0.139. The summed E-state index contributed by atoms with van der Waals surface area (Å²) in [6, 6.07) is 13.3. The molecule has 2 N–H and O–H groups in total. The highest BCUT2D eigenvalue weighted by Gasteiger charge is 2.54. The lowest BCUT2D eigenvalue weighted by atomic mass is 10.0. The average Bonchev–Trinajstić information content (AvgIpc) is 2.84. The van der Waals surface area contributed by atoms with E-state index in [0.29, 0.717) is 25.6 Å². The molecule has 0 aromatic heterocycles. The fraction of sp³-hybridized carbons (Fsp3) is 0.250. The Bertz CT molecular complexity index is 1220. The van der Waals surface area contributed by atoms with Gasteiger partial charge in [0.1, 0.15) is 17.1 Å². The molecular weight excluding hydrogens is 556 g/mol. The number of carboxylic acid groups (broad SMARTS) is 1. The van der Waals surface area contributed by atoms with Crippen molar-refractivity contribution in [3.05, 3.63) is 74.7 Å². The van der Waals surface area contributed by atoms with Crippen LogP contribution in [-0.2, 0) is 25.5 Å². The van der Waals surface area contributed by atoms with Gasteiger partial charge in [-0.3, -0.25) is 14.5 Å². The van der Waals surface area contributed by atoms with Crippen LogP contribution in [0.15, 0.2) is 68.5 Å². The Morgan fingerprint density at radius 3 is 2.63 bits per heavy atom. The number of ether oxygens (including phenoxy) is 1. The molecule has 2 heterocycles. The van der Waals surface area contributed by atoms with Crippen LogP contribution in [0.5, 0.6) is 0 Å². The van der Waals surface area contributed by atoms with Gasteiger partial charge in [0.25, 0.3) is 5.91 Å². The molecule has 0 radical (unpaired) electrons. The van der Waals surface area contributed by atoms with Gasteiger partial charge in [0.05, 0.1) is 18.6 Å². The Hall–Kier alpha value is -2.76. The van der Waals surface area contributed by atoms with Crippen molar-refractivity contribution in [3.63, 3.8) is 0 Å². The smallest absolute Gasteiger partial charge is 0.353 e. The zero-order chi connectivity index (χ0) is 25.1. The molecule has 0 bridgehead atoms. The normalized spacial score (nSPS) is 19.0. The van der Waals surface area contributed by atoms with Crippen molar-refractivity contribution in [3.8, 4) is 0 Å². The van der Waals surface area contributed by atoms with E-state index in [1.165, 1.54) is 28.4 Å². The zero-order valence-corrected chi connectivity index (χ0v) is 21.7. The minimum atomic E-state index is -1.21. The van der Waals surface area contributed by atoms with Crippen LogP contribution in [0.3, 0.4) is 0 Å². The van der Waals surface area contributed by atoms with Crippen molar-refractivity contribution in [1.29, 1.82) is 0 Å². The molecule has 1 fully saturated rings. The summed E-state index contributed by atoms with van der Waals surface area (Å²) in [7, 11) is 0. The summed E-state index contributed by atoms with van der Waals surface area (Å²) in [4.78, 5) is 51.9. The van der Waals surface area contributed by atoms with Crippen LogP contribution in [0.1, 0.15) is 22.8 Å². The first kappa shape index (κ1) is 25.3. The highest BCUT2D eigenvalue weighted by Crippen LogP contribution is 2.46. The minimum absolute atomic E-state index is 0.0846. The number of hydrogen-bond donors (Lipinski definition) is 2. The van der Waals surface area contributed by atoms with Gasteiger partial charge in [-0.1, -0.05) is 42.1 Å². The van der Waals surface area contributed by atoms with Gasteiger partial charge in [0.15, 0.2) is 0 Å². The van der Waals surface area contributed by atoms with E-state index >= 15 is 0 Å². The Morgan fingerprint density at radius 2 is 1.97 bits per heavy atom. The molecule has 0 spiro atoms. The van der Waals surface area contributed by atoms with E-state index < -0.39 is 29.3 Å². The quantitative estimate of drug-likeness (QED) is 0.361. The molecule has 35 heavy (non-hydrogen) atoms. The molecule has 0 saturated carbocycles. The molecular formula is C24H21BrN2O6S2. The molecule has 11 heteroatoms. The van der Waals surface area contributed by atoms with Crippen molar-refractivity contribution >= 4 is 63.2 Å². The van der Waals surface area contributed by atoms with Crippen LogP contribution in [0.25, 0.3) is 0 Å². The van der Waals surface area contributed by atoms with Crippen LogP contribution in [0.2, 0.25) is 0 Å². The predicted molar refractivity (Wildman–Crippen MR) is 136 cm³/mol. The van der Waals surface area contributed by atoms with Crippen molar-refractivity contribution in [2.24, 2.45) is 0 Å². The Kier molecular flexibility index (Phi) is 7.88. The largest absolute Gasteiger partial charge is 0.477 e. The second kappa shape index (κ2) is 10.9. The molecule has 1 saturated heterocycles. The maximum Gasteiger partial charge on any atom is 0.353 e. The van der Waals surface area contributed by atoms with Crippen molar-refractivity contribution in [2.45, 2.75) is 29.7 Å². The third-order valence-electron chi connectivity index (χ3n) is 5.34. The third kappa shape index (κ3) is 5.41. The van der Waals surface area contributed by atoms with Crippen LogP contribution < -0.4 is 5.32 Å². The maximum atomic E-state index is 12.9. The summed E-state index contributed by atoms with van der Waals surface area (Å²) in [5.41, 5.74) is 1.12. The first-order valence-electron chi connectivity index (χ1n) is 10.7. The van der Waals surface area contributed by atoms with Gasteiger partial charge >= 0.3 is 11.9 Å². The molecule has 8 nitrogen and oxygen atoms in total. The van der Waals surface area contributed by atoms with Gasteiger partial charge in [-0.05, 0) is 46.6 Å². The number of esters is 1. The predicted octanol–water partition coefficient (Wildman–Crippen LogP) is 3.66. The van der Waals surface area contributed by atoms with Crippen LogP contribution in [-0.4, -0.2) is 57.5 Å². The number of fused-ring (bicyclic) bond motifs is 1. The molecule has 2 aliphatic heterocycles. The highest BCUT2D eigenvalue weighted by atomic mass is 79.9. The summed E-state index contributed by atoms with van der Waals surface area (Å²) < 4.78 is 5.62. The van der Waals surface area contributed by atoms with Crippen LogP contribution >= 0.6 is 39.5 Å². The lowest BCUT2D eigenvalue weighted by Crippen LogP contribution is -2.70. The van der Waals surface area contributed by atoms with E-state index in [0.717, 1.165) is 5.56 Å². The molecule has 4 rings (SSSR count). The number of carboxylic acids is 1. The van der Waals surface area contributed by atoms with Gasteiger partial charge in [-0.25, -0.2) is 9.59 Å². The summed E-state index contributed by atoms with van der Waals surface area (Å²) >= 11 is 6.05. The Labute approximate surface area is 218 Å². The molecule has 2 amide bonds. The number of thioether (sulfide) groups is 2. The third-order valence-corrected chi connectivity index (χ3v) is 8.88. The number of rotatable bonds is 8. The van der Waals surface area contributed by atoms with Crippen molar-refractivity contribution < 1.29 is 29.0 Å². The minimum Gasteiger partial charge on any atom is -0.477 e. The number of carbonyl (C=O) groups is 4. The molecule has 2 aliphatic rings. The Morgan fingerprint density at radius 1 is 1.23 bits per heavy atom. The van der Waals surface area contributed by atoms with E-state index in [9.17, 15) is 24.3 Å². The molecule has 0 aliphatic carbocycles.